The van der Waals surface area contributed by atoms with Gasteiger partial charge in [-0.2, -0.15) is 0 Å². The summed E-state index contributed by atoms with van der Waals surface area (Å²) < 4.78 is 17.0. The van der Waals surface area contributed by atoms with Gasteiger partial charge in [-0.05, 0) is 60.5 Å². The second kappa shape index (κ2) is 13.2. The van der Waals surface area contributed by atoms with Gasteiger partial charge in [-0.1, -0.05) is 69.4 Å². The van der Waals surface area contributed by atoms with Crippen molar-refractivity contribution in [2.45, 2.75) is 52.1 Å². The molecule has 0 radical (unpaired) electrons. The van der Waals surface area contributed by atoms with E-state index in [1.807, 2.05) is 42.5 Å². The number of benzene rings is 3. The quantitative estimate of drug-likeness (QED) is 0.162. The molecule has 32 heavy (non-hydrogen) atoms. The number of carbonyl (C=O) groups excluding carboxylic acids is 1. The lowest BCUT2D eigenvalue weighted by atomic mass is 10.1. The predicted octanol–water partition coefficient (Wildman–Crippen LogP) is 7.22. The Morgan fingerprint density at radius 3 is 1.97 bits per heavy atom. The molecule has 168 valence electrons. The van der Waals surface area contributed by atoms with E-state index in [0.717, 1.165) is 23.5 Å². The molecule has 3 aromatic rings. The number of ether oxygens (including phenoxy) is 3. The van der Waals surface area contributed by atoms with Crippen LogP contribution in [0.15, 0.2) is 78.9 Å². The summed E-state index contributed by atoms with van der Waals surface area (Å²) in [4.78, 5) is 12.4. The Balaban J connectivity index is 1.40. The zero-order valence-corrected chi connectivity index (χ0v) is 18.8. The van der Waals surface area contributed by atoms with E-state index in [9.17, 15) is 4.79 Å². The highest BCUT2D eigenvalue weighted by Crippen LogP contribution is 2.20. The second-order valence-electron chi connectivity index (χ2n) is 7.78. The van der Waals surface area contributed by atoms with Crippen molar-refractivity contribution in [2.24, 2.45) is 0 Å². The third-order valence-electron chi connectivity index (χ3n) is 5.14. The van der Waals surface area contributed by atoms with Gasteiger partial charge in [-0.25, -0.2) is 4.79 Å². The van der Waals surface area contributed by atoms with E-state index in [1.54, 1.807) is 36.4 Å². The highest BCUT2D eigenvalue weighted by Gasteiger charge is 2.09. The molecule has 0 amide bonds. The monoisotopic (exact) mass is 432 g/mol. The van der Waals surface area contributed by atoms with Gasteiger partial charge >= 0.3 is 5.97 Å². The molecule has 0 aromatic heterocycles. The van der Waals surface area contributed by atoms with Crippen LogP contribution in [0.25, 0.3) is 0 Å². The molecule has 0 saturated heterocycles. The van der Waals surface area contributed by atoms with E-state index < -0.39 is 5.97 Å². The Hall–Kier alpha value is -3.27. The maximum Gasteiger partial charge on any atom is 0.343 e. The summed E-state index contributed by atoms with van der Waals surface area (Å²) in [7, 11) is 0. The lowest BCUT2D eigenvalue weighted by molar-refractivity contribution is 0.0734. The van der Waals surface area contributed by atoms with Crippen LogP contribution in [-0.4, -0.2) is 12.6 Å². The van der Waals surface area contributed by atoms with E-state index >= 15 is 0 Å². The summed E-state index contributed by atoms with van der Waals surface area (Å²) in [6.45, 7) is 3.42. The van der Waals surface area contributed by atoms with Gasteiger partial charge in [0.25, 0.3) is 0 Å². The van der Waals surface area contributed by atoms with Crippen molar-refractivity contribution in [1.29, 1.82) is 0 Å². The van der Waals surface area contributed by atoms with Crippen LogP contribution in [0, 0.1) is 0 Å². The average Bonchev–Trinajstić information content (AvgIpc) is 2.84. The summed E-state index contributed by atoms with van der Waals surface area (Å²) in [5.41, 5.74) is 1.59. The molecular weight excluding hydrogens is 400 g/mol. The first-order chi connectivity index (χ1) is 15.7. The molecule has 0 aliphatic carbocycles. The van der Waals surface area contributed by atoms with Crippen LogP contribution in [0.2, 0.25) is 0 Å². The number of rotatable bonds is 13. The largest absolute Gasteiger partial charge is 0.494 e. The first kappa shape index (κ1) is 23.4. The van der Waals surface area contributed by atoms with Gasteiger partial charge < -0.3 is 14.2 Å². The molecule has 0 N–H and O–H groups in total. The van der Waals surface area contributed by atoms with Crippen molar-refractivity contribution in [3.8, 4) is 17.2 Å². The van der Waals surface area contributed by atoms with Crippen molar-refractivity contribution < 1.29 is 19.0 Å². The molecule has 0 aliphatic heterocycles. The SMILES string of the molecule is CCCCCCCCOc1ccc(C(=O)Oc2ccc(OCc3ccccc3)cc2)cc1. The van der Waals surface area contributed by atoms with Gasteiger partial charge in [0.15, 0.2) is 0 Å². The van der Waals surface area contributed by atoms with Crippen molar-refractivity contribution in [3.63, 3.8) is 0 Å². The molecule has 0 spiro atoms. The van der Waals surface area contributed by atoms with Crippen LogP contribution in [0.4, 0.5) is 0 Å². The third kappa shape index (κ3) is 8.10. The van der Waals surface area contributed by atoms with Crippen LogP contribution in [-0.2, 0) is 6.61 Å². The molecule has 0 aliphatic rings. The van der Waals surface area contributed by atoms with E-state index in [0.29, 0.717) is 24.5 Å². The Morgan fingerprint density at radius 2 is 1.25 bits per heavy atom. The number of unbranched alkanes of at least 4 members (excludes halogenated alkanes) is 5. The fourth-order valence-corrected chi connectivity index (χ4v) is 3.27. The smallest absolute Gasteiger partial charge is 0.343 e. The molecule has 0 unspecified atom stereocenters. The Morgan fingerprint density at radius 1 is 0.656 bits per heavy atom. The lowest BCUT2D eigenvalue weighted by Crippen LogP contribution is -2.08. The molecule has 0 bridgehead atoms. The fourth-order valence-electron chi connectivity index (χ4n) is 3.27. The van der Waals surface area contributed by atoms with Gasteiger partial charge in [-0.3, -0.25) is 0 Å². The van der Waals surface area contributed by atoms with E-state index in [-0.39, 0.29) is 0 Å². The van der Waals surface area contributed by atoms with E-state index in [1.165, 1.54) is 32.1 Å². The minimum Gasteiger partial charge on any atom is -0.494 e. The van der Waals surface area contributed by atoms with E-state index in [2.05, 4.69) is 6.92 Å². The summed E-state index contributed by atoms with van der Waals surface area (Å²) in [6.07, 6.45) is 7.39. The normalized spacial score (nSPS) is 10.5. The Kier molecular flexibility index (Phi) is 9.66. The van der Waals surface area contributed by atoms with Crippen LogP contribution < -0.4 is 14.2 Å². The summed E-state index contributed by atoms with van der Waals surface area (Å²) in [5.74, 6) is 1.58. The maximum atomic E-state index is 12.4. The first-order valence-corrected chi connectivity index (χ1v) is 11.5. The van der Waals surface area contributed by atoms with Crippen molar-refractivity contribution in [3.05, 3.63) is 90.0 Å². The summed E-state index contributed by atoms with van der Waals surface area (Å²) in [5, 5.41) is 0. The van der Waals surface area contributed by atoms with Gasteiger partial charge in [0.1, 0.15) is 23.9 Å². The topological polar surface area (TPSA) is 44.8 Å². The first-order valence-electron chi connectivity index (χ1n) is 11.5. The highest BCUT2D eigenvalue weighted by molar-refractivity contribution is 5.91. The summed E-state index contributed by atoms with van der Waals surface area (Å²) >= 11 is 0. The fraction of sp³-hybridized carbons (Fsp3) is 0.321. The van der Waals surface area contributed by atoms with Crippen molar-refractivity contribution >= 4 is 5.97 Å². The number of esters is 1. The molecule has 4 nitrogen and oxygen atoms in total. The number of hydrogen-bond donors (Lipinski definition) is 0. The molecular formula is C28H32O4. The minimum absolute atomic E-state index is 0.398. The van der Waals surface area contributed by atoms with Gasteiger partial charge in [-0.15, -0.1) is 0 Å². The van der Waals surface area contributed by atoms with E-state index in [4.69, 9.17) is 14.2 Å². The molecule has 3 rings (SSSR count). The van der Waals surface area contributed by atoms with Crippen LogP contribution >= 0.6 is 0 Å². The molecule has 0 atom stereocenters. The number of hydrogen-bond acceptors (Lipinski definition) is 4. The molecule has 0 fully saturated rings. The second-order valence-corrected chi connectivity index (χ2v) is 7.78. The lowest BCUT2D eigenvalue weighted by Gasteiger charge is -2.09. The predicted molar refractivity (Wildman–Crippen MR) is 127 cm³/mol. The highest BCUT2D eigenvalue weighted by atomic mass is 16.5. The van der Waals surface area contributed by atoms with Crippen molar-refractivity contribution in [2.75, 3.05) is 6.61 Å². The number of carbonyl (C=O) groups is 1. The maximum absolute atomic E-state index is 12.4. The molecule has 0 saturated carbocycles. The van der Waals surface area contributed by atoms with Crippen LogP contribution in [0.5, 0.6) is 17.2 Å². The summed E-state index contributed by atoms with van der Waals surface area (Å²) in [6, 6.07) is 24.1. The molecule has 0 heterocycles. The van der Waals surface area contributed by atoms with Gasteiger partial charge in [0, 0.05) is 0 Å². The average molecular weight is 433 g/mol. The van der Waals surface area contributed by atoms with Crippen LogP contribution in [0.1, 0.15) is 61.4 Å². The van der Waals surface area contributed by atoms with Gasteiger partial charge in [0.2, 0.25) is 0 Å². The zero-order chi connectivity index (χ0) is 22.4. The van der Waals surface area contributed by atoms with Crippen LogP contribution in [0.3, 0.4) is 0 Å². The van der Waals surface area contributed by atoms with Gasteiger partial charge in [0.05, 0.1) is 12.2 Å². The Labute approximate surface area is 191 Å². The molecule has 4 heteroatoms. The minimum atomic E-state index is -0.398. The Bertz CT molecular complexity index is 918. The zero-order valence-electron chi connectivity index (χ0n) is 18.8. The standard InChI is InChI=1S/C28H32O4/c1-2-3-4-5-6-10-21-30-25-15-13-24(14-16-25)28(29)32-27-19-17-26(18-20-27)31-22-23-11-8-7-9-12-23/h7-9,11-20H,2-6,10,21-22H2,1H3. The third-order valence-corrected chi connectivity index (χ3v) is 5.14. The van der Waals surface area contributed by atoms with Crippen molar-refractivity contribution in [1.82, 2.24) is 0 Å². The molecule has 3 aromatic carbocycles.